The summed E-state index contributed by atoms with van der Waals surface area (Å²) in [6.07, 6.45) is 0. The number of halogens is 2. The number of ether oxygens (including phenoxy) is 2. The van der Waals surface area contributed by atoms with Crippen molar-refractivity contribution in [3.8, 4) is 11.5 Å². The molecule has 0 saturated heterocycles. The largest absolute Gasteiger partial charge is 0.492 e. The molecule has 0 unspecified atom stereocenters. The Bertz CT molecular complexity index is 909. The molecule has 0 radical (unpaired) electrons. The second kappa shape index (κ2) is 11.7. The highest BCUT2D eigenvalue weighted by Crippen LogP contribution is 2.26. The monoisotopic (exact) mass is 513 g/mol. The maximum Gasteiger partial charge on any atom is 0.276 e. The standard InChI is InChI=1S/C20H21BrClN3O4S/c1-12(2)10-29-17-8-3-13(9-16(17)21)19(27)23-20(30)25-24-18(26)11-28-15-6-4-14(22)5-7-15/h3-9,12H,10-11H2,1-2H3,(H,24,26)(H2,23,25,27,30). The number of benzene rings is 2. The molecule has 0 aromatic heterocycles. The van der Waals surface area contributed by atoms with Gasteiger partial charge in [0, 0.05) is 10.6 Å². The van der Waals surface area contributed by atoms with Crippen LogP contribution in [0.3, 0.4) is 0 Å². The van der Waals surface area contributed by atoms with E-state index in [0.717, 1.165) is 0 Å². The van der Waals surface area contributed by atoms with E-state index in [1.54, 1.807) is 42.5 Å². The summed E-state index contributed by atoms with van der Waals surface area (Å²) >= 11 is 14.2. The summed E-state index contributed by atoms with van der Waals surface area (Å²) in [7, 11) is 0. The summed E-state index contributed by atoms with van der Waals surface area (Å²) in [5, 5.41) is 2.99. The summed E-state index contributed by atoms with van der Waals surface area (Å²) in [5.74, 6) is 0.618. The van der Waals surface area contributed by atoms with Crippen molar-refractivity contribution in [1.82, 2.24) is 16.2 Å². The predicted molar refractivity (Wildman–Crippen MR) is 123 cm³/mol. The van der Waals surface area contributed by atoms with E-state index in [0.29, 0.717) is 39.1 Å². The quantitative estimate of drug-likeness (QED) is 0.384. The van der Waals surface area contributed by atoms with E-state index in [9.17, 15) is 9.59 Å². The summed E-state index contributed by atoms with van der Waals surface area (Å²) in [6.45, 7) is 4.42. The first-order valence-electron chi connectivity index (χ1n) is 8.95. The molecule has 0 atom stereocenters. The number of thiocarbonyl (C=S) groups is 1. The normalized spacial score (nSPS) is 10.3. The van der Waals surface area contributed by atoms with E-state index >= 15 is 0 Å². The first kappa shape index (κ1) is 23.9. The molecule has 10 heteroatoms. The van der Waals surface area contributed by atoms with Crippen LogP contribution in [0.4, 0.5) is 0 Å². The number of amides is 2. The molecule has 0 spiro atoms. The molecular weight excluding hydrogens is 494 g/mol. The van der Waals surface area contributed by atoms with Gasteiger partial charge in [-0.05, 0) is 76.5 Å². The van der Waals surface area contributed by atoms with Gasteiger partial charge in [0.15, 0.2) is 11.7 Å². The van der Waals surface area contributed by atoms with Crippen molar-refractivity contribution >= 4 is 56.7 Å². The van der Waals surface area contributed by atoms with Gasteiger partial charge in [-0.1, -0.05) is 25.4 Å². The summed E-state index contributed by atoms with van der Waals surface area (Å²) in [4.78, 5) is 24.1. The number of hydrogen-bond acceptors (Lipinski definition) is 5. The Kier molecular flexibility index (Phi) is 9.35. The Hall–Kier alpha value is -2.36. The van der Waals surface area contributed by atoms with Crippen LogP contribution in [0.2, 0.25) is 5.02 Å². The van der Waals surface area contributed by atoms with E-state index in [4.69, 9.17) is 33.3 Å². The predicted octanol–water partition coefficient (Wildman–Crippen LogP) is 3.85. The van der Waals surface area contributed by atoms with E-state index in [-0.39, 0.29) is 11.7 Å². The van der Waals surface area contributed by atoms with Crippen molar-refractivity contribution in [2.45, 2.75) is 13.8 Å². The van der Waals surface area contributed by atoms with Gasteiger partial charge in [-0.25, -0.2) is 0 Å². The number of carbonyl (C=O) groups is 2. The highest BCUT2D eigenvalue weighted by atomic mass is 79.9. The van der Waals surface area contributed by atoms with Crippen molar-refractivity contribution in [1.29, 1.82) is 0 Å². The molecule has 2 amide bonds. The minimum Gasteiger partial charge on any atom is -0.492 e. The first-order chi connectivity index (χ1) is 14.2. The van der Waals surface area contributed by atoms with Crippen LogP contribution in [0, 0.1) is 5.92 Å². The van der Waals surface area contributed by atoms with Crippen LogP contribution in [-0.2, 0) is 4.79 Å². The molecule has 0 fully saturated rings. The van der Waals surface area contributed by atoms with Crippen molar-refractivity contribution in [3.05, 3.63) is 57.5 Å². The van der Waals surface area contributed by atoms with Gasteiger partial charge in [-0.2, -0.15) is 0 Å². The van der Waals surface area contributed by atoms with Crippen molar-refractivity contribution in [2.75, 3.05) is 13.2 Å². The van der Waals surface area contributed by atoms with Crippen LogP contribution >= 0.6 is 39.7 Å². The van der Waals surface area contributed by atoms with E-state index in [1.807, 2.05) is 13.8 Å². The number of hydrazine groups is 1. The number of rotatable bonds is 7. The van der Waals surface area contributed by atoms with Crippen LogP contribution in [0.5, 0.6) is 11.5 Å². The smallest absolute Gasteiger partial charge is 0.276 e. The fraction of sp³-hybridized carbons (Fsp3) is 0.250. The molecule has 0 saturated carbocycles. The molecule has 0 bridgehead atoms. The third kappa shape index (κ3) is 8.17. The minimum atomic E-state index is -0.476. The zero-order chi connectivity index (χ0) is 22.1. The summed E-state index contributed by atoms with van der Waals surface area (Å²) in [6, 6.07) is 11.5. The lowest BCUT2D eigenvalue weighted by molar-refractivity contribution is -0.123. The lowest BCUT2D eigenvalue weighted by Crippen LogP contribution is -2.49. The van der Waals surface area contributed by atoms with Crippen LogP contribution < -0.4 is 25.6 Å². The third-order valence-corrected chi connectivity index (χ3v) is 4.57. The SMILES string of the molecule is CC(C)COc1ccc(C(=O)NC(=S)NNC(=O)COc2ccc(Cl)cc2)cc1Br. The lowest BCUT2D eigenvalue weighted by Gasteiger charge is -2.13. The summed E-state index contributed by atoms with van der Waals surface area (Å²) < 4.78 is 11.6. The summed E-state index contributed by atoms with van der Waals surface area (Å²) in [5.41, 5.74) is 5.17. The fourth-order valence-corrected chi connectivity index (χ4v) is 2.83. The van der Waals surface area contributed by atoms with E-state index in [1.165, 1.54) is 0 Å². The highest BCUT2D eigenvalue weighted by molar-refractivity contribution is 9.10. The topological polar surface area (TPSA) is 88.7 Å². The zero-order valence-electron chi connectivity index (χ0n) is 16.3. The van der Waals surface area contributed by atoms with Gasteiger partial charge >= 0.3 is 0 Å². The molecule has 0 aliphatic heterocycles. The molecular formula is C20H21BrClN3O4S. The molecule has 2 aromatic rings. The fourth-order valence-electron chi connectivity index (χ4n) is 2.06. The highest BCUT2D eigenvalue weighted by Gasteiger charge is 2.12. The number of carbonyl (C=O) groups excluding carboxylic acids is 2. The lowest BCUT2D eigenvalue weighted by atomic mass is 10.2. The molecule has 30 heavy (non-hydrogen) atoms. The van der Waals surface area contributed by atoms with Crippen LogP contribution in [-0.4, -0.2) is 30.1 Å². The minimum absolute atomic E-state index is 0.0592. The molecule has 0 aliphatic carbocycles. The van der Waals surface area contributed by atoms with Gasteiger partial charge in [0.2, 0.25) is 0 Å². The number of hydrogen-bond donors (Lipinski definition) is 3. The van der Waals surface area contributed by atoms with Gasteiger partial charge in [0.25, 0.3) is 11.8 Å². The van der Waals surface area contributed by atoms with Crippen LogP contribution in [0.1, 0.15) is 24.2 Å². The second-order valence-corrected chi connectivity index (χ2v) is 8.25. The number of nitrogens with one attached hydrogen (secondary N) is 3. The molecule has 3 N–H and O–H groups in total. The van der Waals surface area contributed by atoms with E-state index in [2.05, 4.69) is 32.1 Å². The van der Waals surface area contributed by atoms with Gasteiger partial charge in [0.1, 0.15) is 11.5 Å². The molecule has 0 heterocycles. The van der Waals surface area contributed by atoms with Gasteiger partial charge < -0.3 is 9.47 Å². The van der Waals surface area contributed by atoms with Gasteiger partial charge in [0.05, 0.1) is 11.1 Å². The van der Waals surface area contributed by atoms with Crippen molar-refractivity contribution in [2.24, 2.45) is 5.92 Å². The maximum atomic E-state index is 12.3. The Morgan fingerprint density at radius 2 is 1.80 bits per heavy atom. The Labute approximate surface area is 193 Å². The molecule has 2 rings (SSSR count). The molecule has 7 nitrogen and oxygen atoms in total. The second-order valence-electron chi connectivity index (χ2n) is 6.55. The Morgan fingerprint density at radius 3 is 2.43 bits per heavy atom. The average molecular weight is 515 g/mol. The van der Waals surface area contributed by atoms with Gasteiger partial charge in [-0.3, -0.25) is 25.8 Å². The van der Waals surface area contributed by atoms with Gasteiger partial charge in [-0.15, -0.1) is 0 Å². The Morgan fingerprint density at radius 1 is 1.10 bits per heavy atom. The zero-order valence-corrected chi connectivity index (χ0v) is 19.5. The average Bonchev–Trinajstić information content (AvgIpc) is 2.70. The van der Waals surface area contributed by atoms with Crippen molar-refractivity contribution < 1.29 is 19.1 Å². The molecule has 2 aromatic carbocycles. The maximum absolute atomic E-state index is 12.3. The molecule has 0 aliphatic rings. The molecule has 160 valence electrons. The van der Waals surface area contributed by atoms with Crippen LogP contribution in [0.25, 0.3) is 0 Å². The Balaban J connectivity index is 1.77. The third-order valence-electron chi connectivity index (χ3n) is 3.49. The first-order valence-corrected chi connectivity index (χ1v) is 10.5. The van der Waals surface area contributed by atoms with E-state index < -0.39 is 11.8 Å². The van der Waals surface area contributed by atoms with Crippen LogP contribution in [0.15, 0.2) is 46.9 Å². The van der Waals surface area contributed by atoms with Crippen molar-refractivity contribution in [3.63, 3.8) is 0 Å².